The van der Waals surface area contributed by atoms with Gasteiger partial charge in [-0.15, -0.1) is 0 Å². The predicted molar refractivity (Wildman–Crippen MR) is 68.7 cm³/mol. The van der Waals surface area contributed by atoms with Crippen molar-refractivity contribution in [2.75, 3.05) is 19.0 Å². The van der Waals surface area contributed by atoms with Crippen LogP contribution in [-0.4, -0.2) is 33.9 Å². The number of aromatic nitrogens is 3. The van der Waals surface area contributed by atoms with Gasteiger partial charge >= 0.3 is 6.01 Å². The van der Waals surface area contributed by atoms with Gasteiger partial charge in [0.05, 0.1) is 6.61 Å². The molecule has 1 saturated carbocycles. The van der Waals surface area contributed by atoms with Gasteiger partial charge in [-0.25, -0.2) is 0 Å². The molecule has 17 heavy (non-hydrogen) atoms. The van der Waals surface area contributed by atoms with Crippen LogP contribution in [0.3, 0.4) is 0 Å². The van der Waals surface area contributed by atoms with Gasteiger partial charge in [0.1, 0.15) is 0 Å². The lowest BCUT2D eigenvalue weighted by molar-refractivity contribution is 0.308. The van der Waals surface area contributed by atoms with Crippen molar-refractivity contribution in [3.05, 3.63) is 0 Å². The molecule has 0 bridgehead atoms. The highest BCUT2D eigenvalue weighted by Crippen LogP contribution is 2.33. The predicted octanol–water partition coefficient (Wildman–Crippen LogP) is 2.35. The van der Waals surface area contributed by atoms with Crippen LogP contribution >= 0.6 is 11.8 Å². The number of ether oxygens (including phenoxy) is 1. The average Bonchev–Trinajstić information content (AvgIpc) is 2.82. The summed E-state index contributed by atoms with van der Waals surface area (Å²) >= 11 is 1.74. The van der Waals surface area contributed by atoms with Crippen molar-refractivity contribution in [2.24, 2.45) is 0 Å². The average molecular weight is 254 g/mol. The van der Waals surface area contributed by atoms with E-state index in [0.717, 1.165) is 5.16 Å². The molecular formula is C11H18N4OS. The van der Waals surface area contributed by atoms with Gasteiger partial charge < -0.3 is 10.1 Å². The molecule has 5 nitrogen and oxygen atoms in total. The first-order chi connectivity index (χ1) is 8.31. The van der Waals surface area contributed by atoms with Crippen LogP contribution in [0.25, 0.3) is 0 Å². The van der Waals surface area contributed by atoms with Gasteiger partial charge in [-0.1, -0.05) is 24.6 Å². The summed E-state index contributed by atoms with van der Waals surface area (Å²) in [5.74, 6) is 0.573. The van der Waals surface area contributed by atoms with E-state index in [1.54, 1.807) is 18.8 Å². The number of thioether (sulfide) groups is 1. The van der Waals surface area contributed by atoms with E-state index in [1.807, 2.05) is 6.92 Å². The number of nitrogens with zero attached hydrogens (tertiary/aromatic N) is 3. The van der Waals surface area contributed by atoms with Crippen LogP contribution in [-0.2, 0) is 0 Å². The Morgan fingerprint density at radius 1 is 1.29 bits per heavy atom. The summed E-state index contributed by atoms with van der Waals surface area (Å²) in [5, 5.41) is 4.35. The molecule has 1 aromatic rings. The maximum absolute atomic E-state index is 5.34. The molecule has 0 spiro atoms. The Hall–Kier alpha value is -1.04. The van der Waals surface area contributed by atoms with Crippen LogP contribution < -0.4 is 10.1 Å². The SMILES string of the molecule is CCOc1nc(NC)nc(SC2CCCC2)n1. The van der Waals surface area contributed by atoms with Gasteiger partial charge in [-0.3, -0.25) is 0 Å². The van der Waals surface area contributed by atoms with Crippen molar-refractivity contribution in [1.29, 1.82) is 0 Å². The van der Waals surface area contributed by atoms with Crippen LogP contribution in [0.4, 0.5) is 5.95 Å². The van der Waals surface area contributed by atoms with E-state index in [1.165, 1.54) is 25.7 Å². The normalized spacial score (nSPS) is 16.1. The Labute approximate surface area is 106 Å². The molecule has 1 N–H and O–H groups in total. The van der Waals surface area contributed by atoms with Crippen molar-refractivity contribution >= 4 is 17.7 Å². The fourth-order valence-electron chi connectivity index (χ4n) is 1.85. The standard InChI is InChI=1S/C11H18N4OS/c1-3-16-10-13-9(12-2)14-11(15-10)17-8-6-4-5-7-8/h8H,3-7H2,1-2H3,(H,12,13,14,15). The molecule has 0 saturated heterocycles. The zero-order valence-electron chi connectivity index (χ0n) is 10.3. The van der Waals surface area contributed by atoms with Gasteiger partial charge in [-0.05, 0) is 19.8 Å². The number of rotatable bonds is 5. The van der Waals surface area contributed by atoms with E-state index in [2.05, 4.69) is 20.3 Å². The second-order valence-electron chi connectivity index (χ2n) is 3.93. The third kappa shape index (κ3) is 3.46. The molecule has 0 atom stereocenters. The van der Waals surface area contributed by atoms with Gasteiger partial charge in [0.25, 0.3) is 0 Å². The summed E-state index contributed by atoms with van der Waals surface area (Å²) in [4.78, 5) is 12.8. The van der Waals surface area contributed by atoms with Gasteiger partial charge in [0, 0.05) is 12.3 Å². The van der Waals surface area contributed by atoms with E-state index < -0.39 is 0 Å². The van der Waals surface area contributed by atoms with Crippen molar-refractivity contribution < 1.29 is 4.74 Å². The molecule has 1 heterocycles. The molecule has 0 aliphatic heterocycles. The highest BCUT2D eigenvalue weighted by molar-refractivity contribution is 7.99. The lowest BCUT2D eigenvalue weighted by Gasteiger charge is -2.09. The summed E-state index contributed by atoms with van der Waals surface area (Å²) < 4.78 is 5.34. The fraction of sp³-hybridized carbons (Fsp3) is 0.727. The maximum atomic E-state index is 5.34. The van der Waals surface area contributed by atoms with E-state index in [-0.39, 0.29) is 0 Å². The molecule has 6 heteroatoms. The van der Waals surface area contributed by atoms with Crippen molar-refractivity contribution in [2.45, 2.75) is 43.0 Å². The molecule has 0 aromatic carbocycles. The quantitative estimate of drug-likeness (QED) is 0.870. The van der Waals surface area contributed by atoms with Crippen LogP contribution in [0.15, 0.2) is 5.16 Å². The Balaban J connectivity index is 2.10. The monoisotopic (exact) mass is 254 g/mol. The molecule has 1 aliphatic rings. The first kappa shape index (κ1) is 12.4. The van der Waals surface area contributed by atoms with Crippen LogP contribution in [0, 0.1) is 0 Å². The second kappa shape index (κ2) is 6.05. The van der Waals surface area contributed by atoms with Crippen molar-refractivity contribution in [3.63, 3.8) is 0 Å². The molecule has 2 rings (SSSR count). The van der Waals surface area contributed by atoms with Gasteiger partial charge in [0.15, 0.2) is 5.16 Å². The molecule has 94 valence electrons. The zero-order valence-corrected chi connectivity index (χ0v) is 11.1. The summed E-state index contributed by atoms with van der Waals surface area (Å²) in [6, 6.07) is 0.410. The zero-order chi connectivity index (χ0) is 12.1. The molecule has 1 aliphatic carbocycles. The van der Waals surface area contributed by atoms with Crippen molar-refractivity contribution in [3.8, 4) is 6.01 Å². The van der Waals surface area contributed by atoms with Crippen LogP contribution in [0.2, 0.25) is 0 Å². The van der Waals surface area contributed by atoms with Crippen LogP contribution in [0.5, 0.6) is 6.01 Å². The van der Waals surface area contributed by atoms with E-state index in [9.17, 15) is 0 Å². The maximum Gasteiger partial charge on any atom is 0.322 e. The molecule has 1 fully saturated rings. The van der Waals surface area contributed by atoms with E-state index >= 15 is 0 Å². The first-order valence-electron chi connectivity index (χ1n) is 6.05. The smallest absolute Gasteiger partial charge is 0.322 e. The minimum absolute atomic E-state index is 0.410. The summed E-state index contributed by atoms with van der Waals surface area (Å²) in [6.07, 6.45) is 5.16. The first-order valence-corrected chi connectivity index (χ1v) is 6.93. The van der Waals surface area contributed by atoms with Crippen molar-refractivity contribution in [1.82, 2.24) is 15.0 Å². The third-order valence-corrected chi connectivity index (χ3v) is 3.86. The highest BCUT2D eigenvalue weighted by atomic mass is 32.2. The Bertz CT molecular complexity index is 368. The number of nitrogens with one attached hydrogen (secondary N) is 1. The summed E-state index contributed by atoms with van der Waals surface area (Å²) in [5.41, 5.74) is 0. The van der Waals surface area contributed by atoms with Gasteiger partial charge in [-0.2, -0.15) is 15.0 Å². The Morgan fingerprint density at radius 3 is 2.71 bits per heavy atom. The lowest BCUT2D eigenvalue weighted by Crippen LogP contribution is -2.06. The Morgan fingerprint density at radius 2 is 2.06 bits per heavy atom. The van der Waals surface area contributed by atoms with Crippen LogP contribution in [0.1, 0.15) is 32.6 Å². The molecule has 1 aromatic heterocycles. The molecule has 0 unspecified atom stereocenters. The van der Waals surface area contributed by atoms with E-state index in [0.29, 0.717) is 23.8 Å². The van der Waals surface area contributed by atoms with Gasteiger partial charge in [0.2, 0.25) is 5.95 Å². The van der Waals surface area contributed by atoms with E-state index in [4.69, 9.17) is 4.74 Å². The lowest BCUT2D eigenvalue weighted by atomic mass is 10.4. The molecular weight excluding hydrogens is 236 g/mol. The minimum atomic E-state index is 0.410. The summed E-state index contributed by atoms with van der Waals surface area (Å²) in [7, 11) is 1.80. The Kier molecular flexibility index (Phi) is 4.42. The number of hydrogen-bond donors (Lipinski definition) is 1. The molecule has 0 amide bonds. The highest BCUT2D eigenvalue weighted by Gasteiger charge is 2.18. The fourth-order valence-corrected chi connectivity index (χ4v) is 2.99. The largest absolute Gasteiger partial charge is 0.464 e. The topological polar surface area (TPSA) is 59.9 Å². The molecule has 0 radical (unpaired) electrons. The summed E-state index contributed by atoms with van der Waals surface area (Å²) in [6.45, 7) is 2.49. The number of anilines is 1. The number of hydrogen-bond acceptors (Lipinski definition) is 6. The second-order valence-corrected chi connectivity index (χ2v) is 5.20. The third-order valence-electron chi connectivity index (χ3n) is 2.67. The minimum Gasteiger partial charge on any atom is -0.464 e.